The second kappa shape index (κ2) is 3.11. The molecule has 1 fully saturated rings. The van der Waals surface area contributed by atoms with Gasteiger partial charge in [0.2, 0.25) is 0 Å². The Kier molecular flexibility index (Phi) is 2.54. The second-order valence-electron chi connectivity index (χ2n) is 3.29. The van der Waals surface area contributed by atoms with Gasteiger partial charge in [0.15, 0.2) is 0 Å². The Balaban J connectivity index is 2.60. The van der Waals surface area contributed by atoms with Gasteiger partial charge in [0.05, 0.1) is 0 Å². The van der Waals surface area contributed by atoms with E-state index >= 15 is 0 Å². The number of nitrogens with zero attached hydrogens (tertiary/aromatic N) is 1. The predicted molar refractivity (Wildman–Crippen MR) is 46.8 cm³/mol. The zero-order valence-corrected chi connectivity index (χ0v) is 7.99. The van der Waals surface area contributed by atoms with Gasteiger partial charge in [-0.05, 0) is 12.8 Å². The van der Waals surface area contributed by atoms with E-state index in [1.807, 2.05) is 0 Å². The molecule has 3 nitrogen and oxygen atoms in total. The molecule has 1 unspecified atom stereocenters. The predicted octanol–water partition coefficient (Wildman–Crippen LogP) is 1.45. The highest BCUT2D eigenvalue weighted by atomic mass is 32.2. The van der Waals surface area contributed by atoms with Gasteiger partial charge in [0.25, 0.3) is 0 Å². The van der Waals surface area contributed by atoms with E-state index in [-0.39, 0.29) is 0 Å². The Hall–Kier alpha value is -0.0900. The summed E-state index contributed by atoms with van der Waals surface area (Å²) in [6.45, 7) is 0. The number of nitrogens with one attached hydrogen (secondary N) is 1. The van der Waals surface area contributed by atoms with Gasteiger partial charge < -0.3 is 0 Å². The molecule has 1 atom stereocenters. The monoisotopic (exact) mass is 176 g/mol. The first-order valence-corrected chi connectivity index (χ1v) is 5.91. The first kappa shape index (κ1) is 9.00. The van der Waals surface area contributed by atoms with Crippen LogP contribution in [0.2, 0.25) is 0 Å². The Labute approximate surface area is 68.9 Å². The van der Waals surface area contributed by atoms with Crippen molar-refractivity contribution in [3.63, 3.8) is 0 Å². The lowest BCUT2D eigenvalue weighted by Gasteiger charge is -2.23. The van der Waals surface area contributed by atoms with Crippen molar-refractivity contribution in [3.8, 4) is 0 Å². The van der Waals surface area contributed by atoms with Crippen LogP contribution in [0.25, 0.3) is 0 Å². The van der Waals surface area contributed by atoms with Gasteiger partial charge >= 0.3 is 0 Å². The lowest BCUT2D eigenvalue weighted by molar-refractivity contribution is 0.393. The molecule has 0 heterocycles. The Bertz CT molecular complexity index is 217. The zero-order valence-electron chi connectivity index (χ0n) is 7.17. The molecule has 1 aliphatic carbocycles. The summed E-state index contributed by atoms with van der Waals surface area (Å²) in [7, 11) is -0.656. The van der Waals surface area contributed by atoms with Crippen molar-refractivity contribution >= 4 is 9.92 Å². The van der Waals surface area contributed by atoms with E-state index in [9.17, 15) is 4.21 Å². The van der Waals surface area contributed by atoms with Crippen molar-refractivity contribution in [3.05, 3.63) is 0 Å². The van der Waals surface area contributed by atoms with Crippen LogP contribution in [-0.2, 0) is 9.92 Å². The average Bonchev–Trinajstić information content (AvgIpc) is 2.34. The molecule has 0 amide bonds. The Morgan fingerprint density at radius 3 is 2.27 bits per heavy atom. The summed E-state index contributed by atoms with van der Waals surface area (Å²) >= 11 is 0. The largest absolute Gasteiger partial charge is 0.240 e. The van der Waals surface area contributed by atoms with E-state index < -0.39 is 9.92 Å². The van der Waals surface area contributed by atoms with Crippen molar-refractivity contribution in [1.29, 1.82) is 4.78 Å². The molecular formula is C7H16N2OS. The molecule has 66 valence electrons. The van der Waals surface area contributed by atoms with Gasteiger partial charge in [-0.2, -0.15) is 0 Å². The number of hydrogen-bond donors (Lipinski definition) is 1. The maximum atomic E-state index is 11.3. The minimum Gasteiger partial charge on any atom is -0.240 e. The molecule has 1 aliphatic rings. The van der Waals surface area contributed by atoms with Gasteiger partial charge in [-0.1, -0.05) is 12.8 Å². The molecule has 0 aliphatic heterocycles. The molecule has 0 spiro atoms. The summed E-state index contributed by atoms with van der Waals surface area (Å²) < 4.78 is 20.3. The average molecular weight is 176 g/mol. The molecule has 0 radical (unpaired) electrons. The first-order chi connectivity index (χ1) is 5.02. The minimum atomic E-state index is -2.45. The summed E-state index contributed by atoms with van der Waals surface area (Å²) in [5.41, 5.74) is 0. The zero-order chi connectivity index (χ0) is 8.48. The van der Waals surface area contributed by atoms with Crippen LogP contribution in [0.5, 0.6) is 0 Å². The fourth-order valence-electron chi connectivity index (χ4n) is 1.55. The molecule has 0 saturated heterocycles. The van der Waals surface area contributed by atoms with E-state index in [0.717, 1.165) is 12.8 Å². The van der Waals surface area contributed by atoms with E-state index in [4.69, 9.17) is 4.78 Å². The maximum absolute atomic E-state index is 11.3. The van der Waals surface area contributed by atoms with E-state index in [1.165, 1.54) is 19.1 Å². The third-order valence-electron chi connectivity index (χ3n) is 2.39. The molecule has 0 aromatic carbocycles. The fraction of sp³-hybridized carbons (Fsp3) is 1.00. The van der Waals surface area contributed by atoms with Crippen LogP contribution in [0.3, 0.4) is 0 Å². The molecule has 1 saturated carbocycles. The molecule has 1 N–H and O–H groups in total. The third kappa shape index (κ3) is 2.17. The van der Waals surface area contributed by atoms with Crippen LogP contribution in [0.4, 0.5) is 0 Å². The van der Waals surface area contributed by atoms with Crippen LogP contribution in [0.15, 0.2) is 0 Å². The number of hydrogen-bond acceptors (Lipinski definition) is 2. The summed E-state index contributed by atoms with van der Waals surface area (Å²) in [6, 6.07) is 0.394. The van der Waals surface area contributed by atoms with Crippen LogP contribution < -0.4 is 0 Å². The second-order valence-corrected chi connectivity index (χ2v) is 5.47. The summed E-state index contributed by atoms with van der Waals surface area (Å²) in [4.78, 5) is 0. The standard InChI is InChI=1S/C7H16N2OS/c1-9(11(2,8)10)7-5-3-4-6-7/h7-8H,3-6H2,1-2H3. The van der Waals surface area contributed by atoms with Gasteiger partial charge in [-0.25, -0.2) is 13.3 Å². The van der Waals surface area contributed by atoms with Gasteiger partial charge in [0.1, 0.15) is 9.92 Å². The smallest absolute Gasteiger partial charge is 0.104 e. The Morgan fingerprint density at radius 2 is 1.91 bits per heavy atom. The van der Waals surface area contributed by atoms with E-state index in [2.05, 4.69) is 0 Å². The van der Waals surface area contributed by atoms with Crippen molar-refractivity contribution in [2.45, 2.75) is 31.7 Å². The normalized spacial score (nSPS) is 25.7. The summed E-state index contributed by atoms with van der Waals surface area (Å²) in [6.07, 6.45) is 6.17. The highest BCUT2D eigenvalue weighted by Gasteiger charge is 2.23. The highest BCUT2D eigenvalue weighted by Crippen LogP contribution is 2.23. The fourth-order valence-corrected chi connectivity index (χ4v) is 2.33. The lowest BCUT2D eigenvalue weighted by Crippen LogP contribution is -2.33. The van der Waals surface area contributed by atoms with E-state index in [0.29, 0.717) is 6.04 Å². The summed E-state index contributed by atoms with van der Waals surface area (Å²) in [5, 5.41) is 0. The quantitative estimate of drug-likeness (QED) is 0.680. The maximum Gasteiger partial charge on any atom is 0.104 e. The van der Waals surface area contributed by atoms with Crippen LogP contribution in [-0.4, -0.2) is 27.9 Å². The summed E-state index contributed by atoms with van der Waals surface area (Å²) in [5.74, 6) is 0. The lowest BCUT2D eigenvalue weighted by atomic mass is 10.3. The topological polar surface area (TPSA) is 44.2 Å². The molecule has 0 aromatic heterocycles. The van der Waals surface area contributed by atoms with Gasteiger partial charge in [0, 0.05) is 19.3 Å². The third-order valence-corrected chi connectivity index (χ3v) is 3.79. The molecule has 0 bridgehead atoms. The van der Waals surface area contributed by atoms with E-state index in [1.54, 1.807) is 11.4 Å². The molecular weight excluding hydrogens is 160 g/mol. The van der Waals surface area contributed by atoms with Crippen LogP contribution in [0, 0.1) is 4.78 Å². The molecule has 4 heteroatoms. The highest BCUT2D eigenvalue weighted by molar-refractivity contribution is 7.89. The van der Waals surface area contributed by atoms with Crippen molar-refractivity contribution in [2.24, 2.45) is 0 Å². The first-order valence-electron chi connectivity index (χ1n) is 3.98. The molecule has 1 rings (SSSR count). The van der Waals surface area contributed by atoms with Crippen LogP contribution in [0.1, 0.15) is 25.7 Å². The van der Waals surface area contributed by atoms with Gasteiger partial charge in [-0.15, -0.1) is 0 Å². The SMILES string of the molecule is CN(C1CCCC1)S(C)(=N)=O. The molecule has 0 aromatic rings. The molecule has 11 heavy (non-hydrogen) atoms. The Morgan fingerprint density at radius 1 is 1.45 bits per heavy atom. The minimum absolute atomic E-state index is 0.394. The van der Waals surface area contributed by atoms with Crippen LogP contribution >= 0.6 is 0 Å². The van der Waals surface area contributed by atoms with Crippen molar-refractivity contribution < 1.29 is 4.21 Å². The van der Waals surface area contributed by atoms with Gasteiger partial charge in [-0.3, -0.25) is 0 Å². The van der Waals surface area contributed by atoms with Crippen molar-refractivity contribution in [1.82, 2.24) is 4.31 Å². The number of rotatable bonds is 2. The van der Waals surface area contributed by atoms with Crippen molar-refractivity contribution in [2.75, 3.05) is 13.3 Å².